The Morgan fingerprint density at radius 3 is 2.30 bits per heavy atom. The first-order valence-electron chi connectivity index (χ1n) is 8.65. The fourth-order valence-electron chi connectivity index (χ4n) is 2.65. The molecule has 0 aliphatic rings. The lowest BCUT2D eigenvalue weighted by Crippen LogP contribution is -2.21. The van der Waals surface area contributed by atoms with Crippen molar-refractivity contribution in [3.05, 3.63) is 64.2 Å². The molecule has 0 amide bonds. The molecule has 0 saturated carbocycles. The minimum absolute atomic E-state index is 0.0805. The third-order valence-corrected chi connectivity index (χ3v) is 5.05. The SMILES string of the molecule is CCN(CC)c1ccc(-c2nnc(SCc3ccc([N+](=O)[O-])cc3)o2)cc1. The van der Waals surface area contributed by atoms with Gasteiger partial charge >= 0.3 is 0 Å². The van der Waals surface area contributed by atoms with Crippen LogP contribution in [0.25, 0.3) is 11.5 Å². The molecule has 1 heterocycles. The van der Waals surface area contributed by atoms with Crippen molar-refractivity contribution < 1.29 is 9.34 Å². The van der Waals surface area contributed by atoms with Gasteiger partial charge in [-0.25, -0.2) is 0 Å². The Bertz CT molecular complexity index is 890. The lowest BCUT2D eigenvalue weighted by molar-refractivity contribution is -0.384. The number of aromatic nitrogens is 2. The number of nitro groups is 1. The van der Waals surface area contributed by atoms with Crippen LogP contribution in [-0.4, -0.2) is 28.2 Å². The van der Waals surface area contributed by atoms with E-state index >= 15 is 0 Å². The van der Waals surface area contributed by atoms with Gasteiger partial charge in [0.05, 0.1) is 4.92 Å². The summed E-state index contributed by atoms with van der Waals surface area (Å²) in [7, 11) is 0. The average Bonchev–Trinajstić information content (AvgIpc) is 3.17. The number of nitro benzene ring substituents is 1. The molecule has 2 aromatic carbocycles. The van der Waals surface area contributed by atoms with E-state index in [-0.39, 0.29) is 5.69 Å². The van der Waals surface area contributed by atoms with E-state index in [2.05, 4.69) is 41.1 Å². The molecule has 0 atom stereocenters. The molecule has 0 N–H and O–H groups in total. The molecule has 0 spiro atoms. The molecule has 3 rings (SSSR count). The van der Waals surface area contributed by atoms with Crippen molar-refractivity contribution >= 4 is 23.1 Å². The monoisotopic (exact) mass is 384 g/mol. The summed E-state index contributed by atoms with van der Waals surface area (Å²) in [5.41, 5.74) is 3.07. The Morgan fingerprint density at radius 2 is 1.70 bits per heavy atom. The molecule has 140 valence electrons. The lowest BCUT2D eigenvalue weighted by Gasteiger charge is -2.20. The Hall–Kier alpha value is -2.87. The van der Waals surface area contributed by atoms with Crippen molar-refractivity contribution in [2.75, 3.05) is 18.0 Å². The van der Waals surface area contributed by atoms with Crippen LogP contribution in [0.3, 0.4) is 0 Å². The Balaban J connectivity index is 1.63. The van der Waals surface area contributed by atoms with Gasteiger partial charge in [-0.05, 0) is 43.7 Å². The van der Waals surface area contributed by atoms with Crippen molar-refractivity contribution in [1.29, 1.82) is 0 Å². The number of non-ortho nitro benzene ring substituents is 1. The van der Waals surface area contributed by atoms with Gasteiger partial charge in [0, 0.05) is 42.2 Å². The maximum atomic E-state index is 10.7. The second-order valence-electron chi connectivity index (χ2n) is 5.80. The quantitative estimate of drug-likeness (QED) is 0.314. The van der Waals surface area contributed by atoms with Gasteiger partial charge in [0.2, 0.25) is 5.89 Å². The van der Waals surface area contributed by atoms with Crippen LogP contribution in [0.5, 0.6) is 0 Å². The first-order valence-corrected chi connectivity index (χ1v) is 9.64. The van der Waals surface area contributed by atoms with E-state index in [4.69, 9.17) is 4.42 Å². The van der Waals surface area contributed by atoms with Gasteiger partial charge < -0.3 is 9.32 Å². The normalized spacial score (nSPS) is 10.7. The summed E-state index contributed by atoms with van der Waals surface area (Å²) in [4.78, 5) is 12.5. The number of benzene rings is 2. The van der Waals surface area contributed by atoms with E-state index in [1.807, 2.05) is 12.1 Å². The van der Waals surface area contributed by atoms with E-state index in [9.17, 15) is 10.1 Å². The molecule has 8 heteroatoms. The van der Waals surface area contributed by atoms with Gasteiger partial charge in [-0.1, -0.05) is 23.9 Å². The van der Waals surface area contributed by atoms with Crippen LogP contribution in [0.15, 0.2) is 58.2 Å². The number of rotatable bonds is 8. The highest BCUT2D eigenvalue weighted by atomic mass is 32.2. The highest BCUT2D eigenvalue weighted by Crippen LogP contribution is 2.27. The average molecular weight is 384 g/mol. The third-order valence-electron chi connectivity index (χ3n) is 4.16. The Labute approximate surface area is 161 Å². The molecule has 3 aromatic rings. The minimum Gasteiger partial charge on any atom is -0.411 e. The number of nitrogens with zero attached hydrogens (tertiary/aromatic N) is 4. The van der Waals surface area contributed by atoms with Crippen molar-refractivity contribution in [1.82, 2.24) is 10.2 Å². The second-order valence-corrected chi connectivity index (χ2v) is 6.73. The molecule has 27 heavy (non-hydrogen) atoms. The van der Waals surface area contributed by atoms with Crippen molar-refractivity contribution in [2.45, 2.75) is 24.8 Å². The van der Waals surface area contributed by atoms with Crippen molar-refractivity contribution in [3.63, 3.8) is 0 Å². The summed E-state index contributed by atoms with van der Waals surface area (Å²) in [6.07, 6.45) is 0. The summed E-state index contributed by atoms with van der Waals surface area (Å²) in [6, 6.07) is 14.5. The Morgan fingerprint density at radius 1 is 1.04 bits per heavy atom. The van der Waals surface area contributed by atoms with Gasteiger partial charge in [-0.2, -0.15) is 0 Å². The topological polar surface area (TPSA) is 85.3 Å². The van der Waals surface area contributed by atoms with Crippen molar-refractivity contribution in [2.24, 2.45) is 0 Å². The smallest absolute Gasteiger partial charge is 0.277 e. The maximum Gasteiger partial charge on any atom is 0.277 e. The summed E-state index contributed by atoms with van der Waals surface area (Å²) in [6.45, 7) is 6.17. The number of thioether (sulfide) groups is 1. The largest absolute Gasteiger partial charge is 0.411 e. The van der Waals surface area contributed by atoms with E-state index in [0.29, 0.717) is 16.9 Å². The molecule has 0 radical (unpaired) electrons. The standard InChI is InChI=1S/C19H20N4O3S/c1-3-22(4-2)16-11-7-15(8-12-16)18-20-21-19(26-18)27-13-14-5-9-17(10-6-14)23(24)25/h5-12H,3-4,13H2,1-2H3. The van der Waals surface area contributed by atoms with Gasteiger partial charge in [0.15, 0.2) is 0 Å². The van der Waals surface area contributed by atoms with E-state index in [1.165, 1.54) is 23.9 Å². The molecular weight excluding hydrogens is 364 g/mol. The van der Waals surface area contributed by atoms with Crippen LogP contribution in [0, 0.1) is 10.1 Å². The van der Waals surface area contributed by atoms with Crippen molar-refractivity contribution in [3.8, 4) is 11.5 Å². The van der Waals surface area contributed by atoms with Crippen LogP contribution >= 0.6 is 11.8 Å². The third kappa shape index (κ3) is 4.65. The predicted molar refractivity (Wildman–Crippen MR) is 106 cm³/mol. The summed E-state index contributed by atoms with van der Waals surface area (Å²) < 4.78 is 5.73. The highest BCUT2D eigenvalue weighted by molar-refractivity contribution is 7.98. The van der Waals surface area contributed by atoms with Crippen LogP contribution in [0.1, 0.15) is 19.4 Å². The van der Waals surface area contributed by atoms with Crippen LogP contribution < -0.4 is 4.90 Å². The van der Waals surface area contributed by atoms with Crippen LogP contribution in [0.2, 0.25) is 0 Å². The minimum atomic E-state index is -0.410. The van der Waals surface area contributed by atoms with Gasteiger partial charge in [-0.3, -0.25) is 10.1 Å². The molecule has 0 bridgehead atoms. The maximum absolute atomic E-state index is 10.7. The second kappa shape index (κ2) is 8.68. The highest BCUT2D eigenvalue weighted by Gasteiger charge is 2.11. The van der Waals surface area contributed by atoms with Gasteiger partial charge in [0.25, 0.3) is 10.9 Å². The lowest BCUT2D eigenvalue weighted by atomic mass is 10.2. The zero-order valence-corrected chi connectivity index (χ0v) is 16.0. The first-order chi connectivity index (χ1) is 13.1. The predicted octanol–water partition coefficient (Wildman–Crippen LogP) is 4.78. The molecule has 7 nitrogen and oxygen atoms in total. The summed E-state index contributed by atoms with van der Waals surface area (Å²) in [5.74, 6) is 1.08. The summed E-state index contributed by atoms with van der Waals surface area (Å²) >= 11 is 1.40. The number of hydrogen-bond acceptors (Lipinski definition) is 7. The number of hydrogen-bond donors (Lipinski definition) is 0. The molecule has 0 saturated heterocycles. The molecule has 0 unspecified atom stereocenters. The zero-order valence-electron chi connectivity index (χ0n) is 15.2. The fourth-order valence-corrected chi connectivity index (χ4v) is 3.37. The van der Waals surface area contributed by atoms with Gasteiger partial charge in [0.1, 0.15) is 0 Å². The van der Waals surface area contributed by atoms with Gasteiger partial charge in [-0.15, -0.1) is 10.2 Å². The fraction of sp³-hybridized carbons (Fsp3) is 0.263. The van der Waals surface area contributed by atoms with E-state index < -0.39 is 4.92 Å². The van der Waals surface area contributed by atoms with E-state index in [1.54, 1.807) is 12.1 Å². The van der Waals surface area contributed by atoms with Crippen LogP contribution in [0.4, 0.5) is 11.4 Å². The molecule has 0 aliphatic carbocycles. The molecule has 0 aliphatic heterocycles. The summed E-state index contributed by atoms with van der Waals surface area (Å²) in [5, 5.41) is 19.3. The molecule has 0 fully saturated rings. The molecule has 1 aromatic heterocycles. The zero-order chi connectivity index (χ0) is 19.2. The van der Waals surface area contributed by atoms with E-state index in [0.717, 1.165) is 29.9 Å². The molecular formula is C19H20N4O3S. The Kier molecular flexibility index (Phi) is 6.08. The first kappa shape index (κ1) is 18.9. The number of anilines is 1. The van der Waals surface area contributed by atoms with Crippen LogP contribution in [-0.2, 0) is 5.75 Å².